The van der Waals surface area contributed by atoms with E-state index >= 15 is 0 Å². The molecule has 1 rings (SSSR count). The Labute approximate surface area is 52.3 Å². The minimum atomic E-state index is 1.05. The van der Waals surface area contributed by atoms with Crippen molar-refractivity contribution in [1.29, 1.82) is 0 Å². The molecule has 0 aliphatic heterocycles. The first kappa shape index (κ1) is 7.56. The van der Waals surface area contributed by atoms with Gasteiger partial charge in [0.15, 0.2) is 0 Å². The van der Waals surface area contributed by atoms with Crippen LogP contribution in [-0.4, -0.2) is 0 Å². The Hall–Kier alpha value is -0.440. The predicted octanol–water partition coefficient (Wildman–Crippen LogP) is 2.45. The summed E-state index contributed by atoms with van der Waals surface area (Å²) in [6, 6.07) is 0. The first-order valence-electron chi connectivity index (χ1n) is 3.23. The molecule has 0 amide bonds. The van der Waals surface area contributed by atoms with Crippen LogP contribution in [0.1, 0.15) is 32.6 Å². The minimum absolute atomic E-state index is 1.05. The van der Waals surface area contributed by atoms with Crippen molar-refractivity contribution < 1.29 is 0 Å². The third-order valence-electron chi connectivity index (χ3n) is 1.64. The van der Waals surface area contributed by atoms with E-state index in [2.05, 4.69) is 19.8 Å². The lowest BCUT2D eigenvalue weighted by molar-refractivity contribution is 0.612. The van der Waals surface area contributed by atoms with Crippen molar-refractivity contribution in [2.75, 3.05) is 0 Å². The van der Waals surface area contributed by atoms with E-state index < -0.39 is 0 Å². The molecule has 0 aromatic carbocycles. The van der Waals surface area contributed by atoms with Crippen LogP contribution in [-0.2, 0) is 0 Å². The van der Waals surface area contributed by atoms with E-state index in [1.54, 1.807) is 0 Å². The molecule has 0 radical (unpaired) electrons. The van der Waals surface area contributed by atoms with Crippen LogP contribution in [0, 0.1) is 18.8 Å². The van der Waals surface area contributed by atoms with Gasteiger partial charge < -0.3 is 0 Å². The van der Waals surface area contributed by atoms with Crippen molar-refractivity contribution in [2.24, 2.45) is 5.92 Å². The summed E-state index contributed by atoms with van der Waals surface area (Å²) in [6.07, 6.45) is 13.9. The summed E-state index contributed by atoms with van der Waals surface area (Å²) in [7, 11) is 0. The maximum atomic E-state index is 4.00. The Morgan fingerprint density at radius 1 is 1.12 bits per heavy atom. The third-order valence-corrected chi connectivity index (χ3v) is 1.64. The average Bonchev–Trinajstić information content (AvgIpc) is 2.24. The van der Waals surface area contributed by atoms with Gasteiger partial charge in [0, 0.05) is 0 Å². The molecule has 0 nitrogen and oxygen atoms in total. The zero-order chi connectivity index (χ0) is 6.41. The van der Waals surface area contributed by atoms with Crippen LogP contribution < -0.4 is 0 Å². The fraction of sp³-hybridized carbons (Fsp3) is 0.750. The molecule has 1 aliphatic carbocycles. The molecule has 0 saturated heterocycles. The second kappa shape index (κ2) is 4.71. The van der Waals surface area contributed by atoms with Gasteiger partial charge in [0.1, 0.15) is 0 Å². The van der Waals surface area contributed by atoms with Crippen LogP contribution in [0.4, 0.5) is 0 Å². The molecule has 0 heterocycles. The van der Waals surface area contributed by atoms with Gasteiger partial charge in [-0.2, -0.15) is 0 Å². The molecule has 0 spiro atoms. The Morgan fingerprint density at radius 3 is 1.62 bits per heavy atom. The SMILES string of the molecule is C#C.CC1CCCC1. The number of hydrogen-bond donors (Lipinski definition) is 0. The first-order valence-corrected chi connectivity index (χ1v) is 3.23. The maximum Gasteiger partial charge on any atom is -0.0443 e. The maximum absolute atomic E-state index is 4.00. The van der Waals surface area contributed by atoms with Crippen molar-refractivity contribution in [3.63, 3.8) is 0 Å². The van der Waals surface area contributed by atoms with E-state index in [4.69, 9.17) is 0 Å². The summed E-state index contributed by atoms with van der Waals surface area (Å²) in [5, 5.41) is 0. The molecule has 1 fully saturated rings. The van der Waals surface area contributed by atoms with Gasteiger partial charge in [0.2, 0.25) is 0 Å². The van der Waals surface area contributed by atoms with Gasteiger partial charge >= 0.3 is 0 Å². The van der Waals surface area contributed by atoms with Crippen LogP contribution in [0.2, 0.25) is 0 Å². The van der Waals surface area contributed by atoms with Crippen molar-refractivity contribution in [2.45, 2.75) is 32.6 Å². The lowest BCUT2D eigenvalue weighted by atomic mass is 10.2. The van der Waals surface area contributed by atoms with Crippen molar-refractivity contribution in [3.8, 4) is 12.8 Å². The number of rotatable bonds is 0. The molecule has 0 atom stereocenters. The highest BCUT2D eigenvalue weighted by Crippen LogP contribution is 2.22. The normalized spacial score (nSPS) is 19.4. The summed E-state index contributed by atoms with van der Waals surface area (Å²) < 4.78 is 0. The molecule has 0 bridgehead atoms. The molecule has 0 N–H and O–H groups in total. The lowest BCUT2D eigenvalue weighted by Crippen LogP contribution is -1.78. The van der Waals surface area contributed by atoms with Gasteiger partial charge in [-0.05, 0) is 5.92 Å². The number of terminal acetylenes is 1. The van der Waals surface area contributed by atoms with E-state index in [1.165, 1.54) is 25.7 Å². The van der Waals surface area contributed by atoms with Gasteiger partial charge in [0.25, 0.3) is 0 Å². The largest absolute Gasteiger partial charge is 0.124 e. The highest BCUT2D eigenvalue weighted by molar-refractivity contribution is 4.60. The summed E-state index contributed by atoms with van der Waals surface area (Å²) in [4.78, 5) is 0. The van der Waals surface area contributed by atoms with Crippen LogP contribution in [0.3, 0.4) is 0 Å². The summed E-state index contributed by atoms with van der Waals surface area (Å²) >= 11 is 0. The standard InChI is InChI=1S/C6H12.C2H2/c1-6-4-2-3-5-6;1-2/h6H,2-5H2,1H3;1-2H. The highest BCUT2D eigenvalue weighted by Gasteiger charge is 2.07. The topological polar surface area (TPSA) is 0 Å². The summed E-state index contributed by atoms with van der Waals surface area (Å²) in [5.41, 5.74) is 0. The van der Waals surface area contributed by atoms with Gasteiger partial charge in [-0.1, -0.05) is 32.6 Å². The van der Waals surface area contributed by atoms with E-state index in [1.807, 2.05) is 0 Å². The molecule has 1 saturated carbocycles. The van der Waals surface area contributed by atoms with Crippen molar-refractivity contribution in [3.05, 3.63) is 0 Å². The summed E-state index contributed by atoms with van der Waals surface area (Å²) in [5.74, 6) is 1.05. The van der Waals surface area contributed by atoms with E-state index in [9.17, 15) is 0 Å². The Morgan fingerprint density at radius 2 is 1.50 bits per heavy atom. The Bertz CT molecular complexity index is 55.7. The molecular formula is C8H14. The van der Waals surface area contributed by atoms with Gasteiger partial charge in [-0.25, -0.2) is 0 Å². The monoisotopic (exact) mass is 110 g/mol. The minimum Gasteiger partial charge on any atom is -0.124 e. The summed E-state index contributed by atoms with van der Waals surface area (Å²) in [6.45, 7) is 2.34. The highest BCUT2D eigenvalue weighted by atomic mass is 14.1. The zero-order valence-corrected chi connectivity index (χ0v) is 5.56. The molecule has 8 heavy (non-hydrogen) atoms. The molecule has 0 aromatic rings. The quantitative estimate of drug-likeness (QED) is 0.420. The van der Waals surface area contributed by atoms with E-state index in [0.29, 0.717) is 0 Å². The fourth-order valence-electron chi connectivity index (χ4n) is 1.13. The fourth-order valence-corrected chi connectivity index (χ4v) is 1.13. The third kappa shape index (κ3) is 2.69. The lowest BCUT2D eigenvalue weighted by Gasteiger charge is -1.91. The second-order valence-corrected chi connectivity index (χ2v) is 2.39. The van der Waals surface area contributed by atoms with Gasteiger partial charge in [-0.15, -0.1) is 12.8 Å². The molecule has 0 heteroatoms. The van der Waals surface area contributed by atoms with E-state index in [-0.39, 0.29) is 0 Å². The smallest absolute Gasteiger partial charge is 0.0443 e. The zero-order valence-electron chi connectivity index (χ0n) is 5.56. The molecule has 46 valence electrons. The van der Waals surface area contributed by atoms with Crippen LogP contribution in [0.15, 0.2) is 0 Å². The first-order chi connectivity index (χ1) is 3.89. The molecular weight excluding hydrogens is 96.1 g/mol. The van der Waals surface area contributed by atoms with Crippen LogP contribution in [0.25, 0.3) is 0 Å². The predicted molar refractivity (Wildman–Crippen MR) is 37.5 cm³/mol. The number of hydrogen-bond acceptors (Lipinski definition) is 0. The average molecular weight is 110 g/mol. The van der Waals surface area contributed by atoms with Crippen molar-refractivity contribution >= 4 is 0 Å². The van der Waals surface area contributed by atoms with Gasteiger partial charge in [-0.3, -0.25) is 0 Å². The second-order valence-electron chi connectivity index (χ2n) is 2.39. The molecule has 1 aliphatic rings. The molecule has 0 aromatic heterocycles. The molecule has 0 unspecified atom stereocenters. The van der Waals surface area contributed by atoms with Crippen molar-refractivity contribution in [1.82, 2.24) is 0 Å². The Kier molecular flexibility index (Phi) is 4.45. The van der Waals surface area contributed by atoms with Crippen LogP contribution in [0.5, 0.6) is 0 Å². The van der Waals surface area contributed by atoms with Crippen LogP contribution >= 0.6 is 0 Å². The van der Waals surface area contributed by atoms with E-state index in [0.717, 1.165) is 5.92 Å². The van der Waals surface area contributed by atoms with Gasteiger partial charge in [0.05, 0.1) is 0 Å². The Balaban J connectivity index is 0.000000222.